The van der Waals surface area contributed by atoms with Gasteiger partial charge in [0.05, 0.1) is 26.2 Å². The van der Waals surface area contributed by atoms with Crippen molar-refractivity contribution >= 4 is 11.8 Å². The first-order valence-electron chi connectivity index (χ1n) is 10.4. The highest BCUT2D eigenvalue weighted by Crippen LogP contribution is 2.23. The molecule has 2 aliphatic heterocycles. The molecule has 7 heteroatoms. The van der Waals surface area contributed by atoms with E-state index in [0.29, 0.717) is 38.4 Å². The normalized spacial score (nSPS) is 16.0. The van der Waals surface area contributed by atoms with E-state index in [2.05, 4.69) is 10.4 Å². The number of rotatable bonds is 6. The predicted octanol–water partition coefficient (Wildman–Crippen LogP) is 1.86. The van der Waals surface area contributed by atoms with E-state index in [0.717, 1.165) is 49.2 Å². The number of nitrogens with one attached hydrogen (secondary N) is 1. The fraction of sp³-hybridized carbons (Fsp3) is 0.500. The summed E-state index contributed by atoms with van der Waals surface area (Å²) in [7, 11) is 0. The van der Waals surface area contributed by atoms with Gasteiger partial charge in [-0.25, -0.2) is 0 Å². The minimum Gasteiger partial charge on any atom is -0.376 e. The van der Waals surface area contributed by atoms with E-state index in [9.17, 15) is 9.59 Å². The molecule has 1 aromatic carbocycles. The van der Waals surface area contributed by atoms with Gasteiger partial charge in [0.25, 0.3) is 5.91 Å². The molecule has 1 fully saturated rings. The maximum Gasteiger partial charge on any atom is 0.274 e. The minimum absolute atomic E-state index is 0.00593. The lowest BCUT2D eigenvalue weighted by atomic mass is 10.1. The molecule has 4 rings (SSSR count). The number of hydrogen-bond donors (Lipinski definition) is 1. The molecule has 0 unspecified atom stereocenters. The summed E-state index contributed by atoms with van der Waals surface area (Å²) < 4.78 is 7.47. The molecule has 2 amide bonds. The average molecular weight is 396 g/mol. The van der Waals surface area contributed by atoms with Crippen LogP contribution in [0.5, 0.6) is 0 Å². The lowest BCUT2D eigenvalue weighted by Crippen LogP contribution is -2.30. The molecule has 2 aliphatic rings. The first kappa shape index (κ1) is 19.6. The van der Waals surface area contributed by atoms with Gasteiger partial charge >= 0.3 is 0 Å². The molecule has 1 saturated heterocycles. The predicted molar refractivity (Wildman–Crippen MR) is 109 cm³/mol. The Hall–Kier alpha value is -2.67. The fourth-order valence-electron chi connectivity index (χ4n) is 3.99. The topological polar surface area (TPSA) is 76.5 Å². The van der Waals surface area contributed by atoms with Gasteiger partial charge in [0.15, 0.2) is 5.69 Å². The van der Waals surface area contributed by atoms with Gasteiger partial charge in [0.1, 0.15) is 0 Å². The van der Waals surface area contributed by atoms with Crippen LogP contribution in [-0.4, -0.2) is 52.7 Å². The van der Waals surface area contributed by atoms with Crippen LogP contribution in [0.1, 0.15) is 45.7 Å². The molecule has 0 spiro atoms. The van der Waals surface area contributed by atoms with Crippen molar-refractivity contribution in [3.8, 4) is 0 Å². The van der Waals surface area contributed by atoms with Crippen LogP contribution in [0.15, 0.2) is 24.3 Å². The van der Waals surface area contributed by atoms with E-state index in [4.69, 9.17) is 4.74 Å². The molecule has 29 heavy (non-hydrogen) atoms. The highest BCUT2D eigenvalue weighted by atomic mass is 16.5. The van der Waals surface area contributed by atoms with Crippen molar-refractivity contribution in [1.29, 1.82) is 0 Å². The molecule has 7 nitrogen and oxygen atoms in total. The number of carbonyl (C=O) groups is 2. The van der Waals surface area contributed by atoms with Crippen LogP contribution in [-0.2, 0) is 35.5 Å². The second-order valence-electron chi connectivity index (χ2n) is 7.81. The Morgan fingerprint density at radius 1 is 1.17 bits per heavy atom. The molecular weight excluding hydrogens is 368 g/mol. The third-order valence-electron chi connectivity index (χ3n) is 5.62. The van der Waals surface area contributed by atoms with Crippen molar-refractivity contribution in [1.82, 2.24) is 20.0 Å². The second-order valence-corrected chi connectivity index (χ2v) is 7.81. The highest BCUT2D eigenvalue weighted by molar-refractivity contribution is 5.94. The molecule has 1 N–H and O–H groups in total. The van der Waals surface area contributed by atoms with Gasteiger partial charge < -0.3 is 15.0 Å². The second kappa shape index (κ2) is 8.78. The van der Waals surface area contributed by atoms with Crippen LogP contribution in [0.2, 0.25) is 0 Å². The van der Waals surface area contributed by atoms with Crippen molar-refractivity contribution in [3.05, 3.63) is 52.3 Å². The van der Waals surface area contributed by atoms with E-state index in [1.165, 1.54) is 5.56 Å². The summed E-state index contributed by atoms with van der Waals surface area (Å²) in [5.41, 5.74) is 4.68. The first-order valence-corrected chi connectivity index (χ1v) is 10.4. The van der Waals surface area contributed by atoms with Gasteiger partial charge in [0.2, 0.25) is 5.91 Å². The maximum absolute atomic E-state index is 12.9. The standard InChI is InChI=1S/C22H28N4O3/c1-16-4-6-17(7-5-16)14-20(27)23-9-12-26-19-8-13-29-15-18(19)21(24-26)22(28)25-10-2-3-11-25/h4-7H,2-3,8-15H2,1H3,(H,23,27). The van der Waals surface area contributed by atoms with Crippen LogP contribution in [0, 0.1) is 6.92 Å². The van der Waals surface area contributed by atoms with E-state index in [1.54, 1.807) is 0 Å². The van der Waals surface area contributed by atoms with E-state index < -0.39 is 0 Å². The summed E-state index contributed by atoms with van der Waals surface area (Å²) >= 11 is 0. The Bertz CT molecular complexity index is 882. The molecule has 0 radical (unpaired) electrons. The third-order valence-corrected chi connectivity index (χ3v) is 5.62. The largest absolute Gasteiger partial charge is 0.376 e. The van der Waals surface area contributed by atoms with Crippen molar-refractivity contribution in [2.45, 2.75) is 45.8 Å². The van der Waals surface area contributed by atoms with E-state index in [1.807, 2.05) is 40.8 Å². The van der Waals surface area contributed by atoms with Gasteiger partial charge in [0, 0.05) is 37.3 Å². The Morgan fingerprint density at radius 3 is 2.69 bits per heavy atom. The molecule has 0 atom stereocenters. The van der Waals surface area contributed by atoms with Gasteiger partial charge in [-0.2, -0.15) is 5.10 Å². The SMILES string of the molecule is Cc1ccc(CC(=O)NCCn2nc(C(=O)N3CCCC3)c3c2CCOC3)cc1. The fourth-order valence-corrected chi connectivity index (χ4v) is 3.99. The quantitative estimate of drug-likeness (QED) is 0.809. The highest BCUT2D eigenvalue weighted by Gasteiger charge is 2.29. The summed E-state index contributed by atoms with van der Waals surface area (Å²) in [6.45, 7) is 5.74. The van der Waals surface area contributed by atoms with Crippen LogP contribution >= 0.6 is 0 Å². The summed E-state index contributed by atoms with van der Waals surface area (Å²) in [5.74, 6) is -0.00187. The Morgan fingerprint density at radius 2 is 1.93 bits per heavy atom. The molecule has 1 aromatic heterocycles. The molecule has 0 bridgehead atoms. The number of carbonyl (C=O) groups excluding carboxylic acids is 2. The third kappa shape index (κ3) is 4.50. The number of aromatic nitrogens is 2. The number of fused-ring (bicyclic) bond motifs is 1. The van der Waals surface area contributed by atoms with E-state index in [-0.39, 0.29) is 11.8 Å². The number of likely N-dealkylation sites (tertiary alicyclic amines) is 1. The molecule has 154 valence electrons. The first-order chi connectivity index (χ1) is 14.1. The minimum atomic E-state index is -0.00780. The average Bonchev–Trinajstić information content (AvgIpc) is 3.38. The molecule has 0 saturated carbocycles. The summed E-state index contributed by atoms with van der Waals surface area (Å²) in [6, 6.07) is 7.99. The van der Waals surface area contributed by atoms with Crippen molar-refractivity contribution < 1.29 is 14.3 Å². The molecular formula is C22H28N4O3. The van der Waals surface area contributed by atoms with Crippen molar-refractivity contribution in [2.24, 2.45) is 0 Å². The number of amides is 2. The Kier molecular flexibility index (Phi) is 5.94. The van der Waals surface area contributed by atoms with Gasteiger partial charge in [-0.3, -0.25) is 14.3 Å². The smallest absolute Gasteiger partial charge is 0.274 e. The lowest BCUT2D eigenvalue weighted by Gasteiger charge is -2.17. The van der Waals surface area contributed by atoms with Crippen LogP contribution in [0.3, 0.4) is 0 Å². The molecule has 0 aliphatic carbocycles. The molecule has 3 heterocycles. The van der Waals surface area contributed by atoms with E-state index >= 15 is 0 Å². The Labute approximate surface area is 171 Å². The summed E-state index contributed by atoms with van der Waals surface area (Å²) in [5, 5.41) is 7.59. The van der Waals surface area contributed by atoms with Gasteiger partial charge in [-0.05, 0) is 25.3 Å². The summed E-state index contributed by atoms with van der Waals surface area (Å²) in [4.78, 5) is 27.0. The number of nitrogens with zero attached hydrogens (tertiary/aromatic N) is 3. The number of aryl methyl sites for hydroxylation is 1. The summed E-state index contributed by atoms with van der Waals surface area (Å²) in [6.07, 6.45) is 3.22. The number of benzene rings is 1. The zero-order valence-electron chi connectivity index (χ0n) is 16.9. The van der Waals surface area contributed by atoms with Crippen LogP contribution in [0.4, 0.5) is 0 Å². The monoisotopic (exact) mass is 396 g/mol. The number of ether oxygens (including phenoxy) is 1. The maximum atomic E-state index is 12.9. The zero-order valence-corrected chi connectivity index (χ0v) is 16.9. The molecule has 2 aromatic rings. The zero-order chi connectivity index (χ0) is 20.2. The van der Waals surface area contributed by atoms with Crippen LogP contribution in [0.25, 0.3) is 0 Å². The van der Waals surface area contributed by atoms with Gasteiger partial charge in [-0.15, -0.1) is 0 Å². The number of hydrogen-bond acceptors (Lipinski definition) is 4. The van der Waals surface area contributed by atoms with Gasteiger partial charge in [-0.1, -0.05) is 29.8 Å². The van der Waals surface area contributed by atoms with Crippen molar-refractivity contribution in [2.75, 3.05) is 26.2 Å². The Balaban J connectivity index is 1.38. The lowest BCUT2D eigenvalue weighted by molar-refractivity contribution is -0.120. The van der Waals surface area contributed by atoms with Crippen LogP contribution < -0.4 is 5.32 Å². The van der Waals surface area contributed by atoms with Crippen molar-refractivity contribution in [3.63, 3.8) is 0 Å².